The molecule has 57 heavy (non-hydrogen) atoms. The second-order valence-corrected chi connectivity index (χ2v) is 14.3. The molecule has 2 aromatic heterocycles. The smallest absolute Gasteiger partial charge is 0.160 e. The molecule has 0 aliphatic rings. The molecule has 10 aromatic rings. The average molecular weight is 731 g/mol. The number of allylic oxidation sites excluding steroid dienone is 4. The Hall–Kier alpha value is -7.62. The highest BCUT2D eigenvalue weighted by Crippen LogP contribution is 2.41. The summed E-state index contributed by atoms with van der Waals surface area (Å²) in [4.78, 5) is 0. The van der Waals surface area contributed by atoms with Gasteiger partial charge in [-0.25, -0.2) is 0 Å². The molecule has 270 valence electrons. The maximum Gasteiger partial charge on any atom is 0.160 e. The van der Waals surface area contributed by atoms with Crippen LogP contribution < -0.4 is 5.32 Å². The number of hydrogen-bond donors (Lipinski definition) is 1. The zero-order valence-corrected chi connectivity index (χ0v) is 31.3. The van der Waals surface area contributed by atoms with E-state index >= 15 is 0 Å². The Labute approximate surface area is 331 Å². The van der Waals surface area contributed by atoms with E-state index in [0.29, 0.717) is 0 Å². The molecule has 3 heteroatoms. The Morgan fingerprint density at radius 3 is 1.93 bits per heavy atom. The summed E-state index contributed by atoms with van der Waals surface area (Å²) >= 11 is 0. The van der Waals surface area contributed by atoms with Gasteiger partial charge in [0.15, 0.2) is 5.58 Å². The van der Waals surface area contributed by atoms with Crippen LogP contribution in [-0.2, 0) is 0 Å². The van der Waals surface area contributed by atoms with Crippen molar-refractivity contribution in [1.29, 1.82) is 0 Å². The molecule has 0 saturated heterocycles. The van der Waals surface area contributed by atoms with Crippen molar-refractivity contribution in [3.8, 4) is 27.9 Å². The summed E-state index contributed by atoms with van der Waals surface area (Å²) in [5.74, 6) is 0. The minimum absolute atomic E-state index is 0.881. The van der Waals surface area contributed by atoms with Gasteiger partial charge in [-0.1, -0.05) is 152 Å². The SMILES string of the molecule is C=C(/C=C(\C=C/Nc1cccc(-c2ccccc2)c1)c1ccc2c(c1)c1ccc3c4ccccc4oc3c1n2-c1cccc(-c2ccccc2)c1)c1ccccc1. The van der Waals surface area contributed by atoms with Gasteiger partial charge >= 0.3 is 0 Å². The fraction of sp³-hybridized carbons (Fsp3) is 0. The van der Waals surface area contributed by atoms with E-state index in [0.717, 1.165) is 88.5 Å². The minimum Gasteiger partial charge on any atom is -0.454 e. The lowest BCUT2D eigenvalue weighted by atomic mass is 9.98. The van der Waals surface area contributed by atoms with Gasteiger partial charge in [-0.2, -0.15) is 0 Å². The lowest BCUT2D eigenvalue weighted by molar-refractivity contribution is 0.671. The van der Waals surface area contributed by atoms with Gasteiger partial charge in [0.25, 0.3) is 0 Å². The molecule has 0 unspecified atom stereocenters. The minimum atomic E-state index is 0.881. The zero-order chi connectivity index (χ0) is 38.1. The highest BCUT2D eigenvalue weighted by atomic mass is 16.3. The second kappa shape index (κ2) is 14.6. The van der Waals surface area contributed by atoms with Gasteiger partial charge in [-0.15, -0.1) is 0 Å². The van der Waals surface area contributed by atoms with Crippen molar-refractivity contribution in [3.05, 3.63) is 230 Å². The van der Waals surface area contributed by atoms with E-state index in [1.807, 2.05) is 24.4 Å². The molecular weight excluding hydrogens is 693 g/mol. The summed E-state index contributed by atoms with van der Waals surface area (Å²) in [6.45, 7) is 4.50. The van der Waals surface area contributed by atoms with Gasteiger partial charge in [-0.05, 0) is 105 Å². The molecule has 0 saturated carbocycles. The number of benzene rings is 8. The molecule has 3 nitrogen and oxygen atoms in total. The quantitative estimate of drug-likeness (QED) is 0.150. The van der Waals surface area contributed by atoms with Crippen LogP contribution in [0.25, 0.3) is 82.8 Å². The topological polar surface area (TPSA) is 30.1 Å². The number of rotatable bonds is 9. The Kier molecular flexibility index (Phi) is 8.66. The number of nitrogens with one attached hydrogen (secondary N) is 1. The summed E-state index contributed by atoms with van der Waals surface area (Å²) < 4.78 is 9.09. The maximum atomic E-state index is 6.72. The highest BCUT2D eigenvalue weighted by Gasteiger charge is 2.20. The Morgan fingerprint density at radius 1 is 0.509 bits per heavy atom. The van der Waals surface area contributed by atoms with Gasteiger partial charge in [-0.3, -0.25) is 0 Å². The molecular formula is C54H38N2O. The van der Waals surface area contributed by atoms with Crippen LogP contribution >= 0.6 is 0 Å². The van der Waals surface area contributed by atoms with Crippen molar-refractivity contribution in [2.24, 2.45) is 0 Å². The summed E-state index contributed by atoms with van der Waals surface area (Å²) in [6, 6.07) is 68.2. The largest absolute Gasteiger partial charge is 0.454 e. The van der Waals surface area contributed by atoms with E-state index in [2.05, 4.69) is 205 Å². The van der Waals surface area contributed by atoms with Crippen molar-refractivity contribution >= 4 is 60.6 Å². The van der Waals surface area contributed by atoms with E-state index in [9.17, 15) is 0 Å². The van der Waals surface area contributed by atoms with Gasteiger partial charge in [0.1, 0.15) is 5.58 Å². The molecule has 0 atom stereocenters. The Morgan fingerprint density at radius 2 is 1.16 bits per heavy atom. The third kappa shape index (κ3) is 6.41. The van der Waals surface area contributed by atoms with Gasteiger partial charge in [0, 0.05) is 39.1 Å². The summed E-state index contributed by atoms with van der Waals surface area (Å²) in [6.07, 6.45) is 6.34. The van der Waals surface area contributed by atoms with Gasteiger partial charge < -0.3 is 14.3 Å². The van der Waals surface area contributed by atoms with Crippen LogP contribution in [0.5, 0.6) is 0 Å². The van der Waals surface area contributed by atoms with E-state index in [1.165, 1.54) is 11.1 Å². The summed E-state index contributed by atoms with van der Waals surface area (Å²) in [7, 11) is 0. The van der Waals surface area contributed by atoms with Crippen LogP contribution in [0.1, 0.15) is 11.1 Å². The van der Waals surface area contributed by atoms with Crippen LogP contribution in [0.3, 0.4) is 0 Å². The average Bonchev–Trinajstić information content (AvgIpc) is 3.83. The zero-order valence-electron chi connectivity index (χ0n) is 31.3. The molecule has 0 aliphatic carbocycles. The molecule has 0 aliphatic heterocycles. The molecule has 10 rings (SSSR count). The number of fused-ring (bicyclic) bond motifs is 7. The van der Waals surface area contributed by atoms with E-state index in [-0.39, 0.29) is 0 Å². The molecule has 2 heterocycles. The van der Waals surface area contributed by atoms with E-state index in [4.69, 9.17) is 4.42 Å². The maximum absolute atomic E-state index is 6.72. The molecule has 0 spiro atoms. The van der Waals surface area contributed by atoms with Crippen molar-refractivity contribution < 1.29 is 4.42 Å². The first-order valence-corrected chi connectivity index (χ1v) is 19.3. The lowest BCUT2D eigenvalue weighted by Crippen LogP contribution is -1.95. The van der Waals surface area contributed by atoms with Crippen molar-refractivity contribution in [1.82, 2.24) is 4.57 Å². The Balaban J connectivity index is 1.13. The van der Waals surface area contributed by atoms with Crippen LogP contribution in [-0.4, -0.2) is 4.57 Å². The van der Waals surface area contributed by atoms with Gasteiger partial charge in [0.05, 0.1) is 11.0 Å². The lowest BCUT2D eigenvalue weighted by Gasteiger charge is -2.11. The fourth-order valence-electron chi connectivity index (χ4n) is 7.98. The number of hydrogen-bond acceptors (Lipinski definition) is 2. The second-order valence-electron chi connectivity index (χ2n) is 14.3. The molecule has 0 amide bonds. The van der Waals surface area contributed by atoms with Crippen LogP contribution in [0.15, 0.2) is 223 Å². The van der Waals surface area contributed by atoms with Crippen LogP contribution in [0, 0.1) is 0 Å². The monoisotopic (exact) mass is 730 g/mol. The summed E-state index contributed by atoms with van der Waals surface area (Å²) in [5.41, 5.74) is 14.8. The van der Waals surface area contributed by atoms with Crippen LogP contribution in [0.4, 0.5) is 5.69 Å². The van der Waals surface area contributed by atoms with Crippen molar-refractivity contribution in [2.45, 2.75) is 0 Å². The van der Waals surface area contributed by atoms with E-state index in [1.54, 1.807) is 0 Å². The molecule has 8 aromatic carbocycles. The first kappa shape index (κ1) is 33.9. The summed E-state index contributed by atoms with van der Waals surface area (Å²) in [5, 5.41) is 8.03. The standard InChI is InChI=1S/C54H38N2O/c1-37(38-15-5-2-6-16-38)33-44(31-32-55-45-23-13-21-41(34-45)39-17-7-3-8-18-39)43-27-30-51-50(36-43)48-28-29-49-47-25-11-12-26-52(47)57-54(49)53(48)56(51)46-24-14-22-42(35-46)40-19-9-4-10-20-40/h2-36,55H,1H2/b32-31-,44-33+. The third-order valence-electron chi connectivity index (χ3n) is 10.8. The predicted octanol–water partition coefficient (Wildman–Crippen LogP) is 14.7. The highest BCUT2D eigenvalue weighted by molar-refractivity contribution is 6.21. The molecule has 1 N–H and O–H groups in total. The van der Waals surface area contributed by atoms with Crippen molar-refractivity contribution in [2.75, 3.05) is 5.32 Å². The first-order valence-electron chi connectivity index (χ1n) is 19.3. The van der Waals surface area contributed by atoms with Crippen molar-refractivity contribution in [3.63, 3.8) is 0 Å². The van der Waals surface area contributed by atoms with Gasteiger partial charge in [0.2, 0.25) is 0 Å². The van der Waals surface area contributed by atoms with E-state index < -0.39 is 0 Å². The predicted molar refractivity (Wildman–Crippen MR) is 242 cm³/mol. The Bertz CT molecular complexity index is 3150. The third-order valence-corrected chi connectivity index (χ3v) is 10.8. The number of aromatic nitrogens is 1. The normalized spacial score (nSPS) is 12.0. The molecule has 0 radical (unpaired) electrons. The number of nitrogens with zero attached hydrogens (tertiary/aromatic N) is 1. The molecule has 0 fully saturated rings. The number of para-hydroxylation sites is 1. The van der Waals surface area contributed by atoms with Crippen LogP contribution in [0.2, 0.25) is 0 Å². The number of furan rings is 1. The first-order chi connectivity index (χ1) is 28.2. The molecule has 0 bridgehead atoms. The fourth-order valence-corrected chi connectivity index (χ4v) is 7.98. The number of anilines is 1.